The zero-order valence-corrected chi connectivity index (χ0v) is 17.5. The summed E-state index contributed by atoms with van der Waals surface area (Å²) in [5, 5.41) is 1.39. The number of aliphatic carboxylic acids is 1. The predicted octanol–water partition coefficient (Wildman–Crippen LogP) is 3.25. The van der Waals surface area contributed by atoms with Crippen LogP contribution in [0, 0.1) is 0 Å². The number of hydrogen-bond donors (Lipinski definition) is 1. The first-order valence-corrected chi connectivity index (χ1v) is 9.81. The van der Waals surface area contributed by atoms with E-state index in [2.05, 4.69) is 0 Å². The molecular weight excluding hydrogens is 501 g/mol. The standard InChI is InChI=1S/C14H19F11N2O4S/c1-27(2,3)8-4-6-26(7-5-9(28)29)32(30,31)14(24,25)12(19,20)10(15,16)11(17,18)13(21,22)23/h4-8H2,1-3H3/p+1. The topological polar surface area (TPSA) is 74.7 Å². The maximum absolute atomic E-state index is 14.1. The SMILES string of the molecule is C[N+](C)(C)CCCN(CCC(=O)O)S(=O)(=O)C(F)(F)C(F)(F)C(F)(F)C(F)(F)C(F)(F)F. The number of hydrogen-bond acceptors (Lipinski definition) is 3. The van der Waals surface area contributed by atoms with Crippen molar-refractivity contribution in [2.45, 2.75) is 42.0 Å². The third kappa shape index (κ3) is 5.73. The van der Waals surface area contributed by atoms with Crippen molar-refractivity contribution in [3.05, 3.63) is 0 Å². The minimum absolute atomic E-state index is 0.0383. The molecule has 0 aromatic rings. The molecule has 0 unspecified atom stereocenters. The molecule has 0 atom stereocenters. The molecule has 0 amide bonds. The number of alkyl halides is 11. The summed E-state index contributed by atoms with van der Waals surface area (Å²) in [6.07, 6.45) is -9.15. The minimum Gasteiger partial charge on any atom is -0.481 e. The van der Waals surface area contributed by atoms with Crippen molar-refractivity contribution in [2.75, 3.05) is 40.8 Å². The highest BCUT2D eigenvalue weighted by Crippen LogP contribution is 2.58. The van der Waals surface area contributed by atoms with Crippen LogP contribution in [0.2, 0.25) is 0 Å². The summed E-state index contributed by atoms with van der Waals surface area (Å²) < 4.78 is 168. The summed E-state index contributed by atoms with van der Waals surface area (Å²) >= 11 is 0. The van der Waals surface area contributed by atoms with Crippen LogP contribution in [-0.2, 0) is 14.8 Å². The fourth-order valence-corrected chi connectivity index (χ4v) is 3.65. The molecule has 6 nitrogen and oxygen atoms in total. The number of carboxylic acid groups (broad SMARTS) is 1. The molecule has 32 heavy (non-hydrogen) atoms. The quantitative estimate of drug-likeness (QED) is 0.316. The summed E-state index contributed by atoms with van der Waals surface area (Å²) in [7, 11) is -2.52. The van der Waals surface area contributed by atoms with Crippen LogP contribution in [0.1, 0.15) is 12.8 Å². The van der Waals surface area contributed by atoms with Gasteiger partial charge in [0.05, 0.1) is 34.1 Å². The van der Waals surface area contributed by atoms with E-state index in [-0.39, 0.29) is 11.0 Å². The van der Waals surface area contributed by atoms with Gasteiger partial charge in [0.15, 0.2) is 0 Å². The molecule has 0 aliphatic rings. The van der Waals surface area contributed by atoms with Gasteiger partial charge in [-0.25, -0.2) is 8.42 Å². The first-order valence-electron chi connectivity index (χ1n) is 8.37. The van der Waals surface area contributed by atoms with Gasteiger partial charge in [0.25, 0.3) is 10.0 Å². The maximum Gasteiger partial charge on any atom is 0.460 e. The van der Waals surface area contributed by atoms with Gasteiger partial charge in [0.2, 0.25) is 0 Å². The van der Waals surface area contributed by atoms with Crippen LogP contribution >= 0.6 is 0 Å². The molecule has 1 N–H and O–H groups in total. The molecule has 0 rings (SSSR count). The summed E-state index contributed by atoms with van der Waals surface area (Å²) in [5.74, 6) is -25.2. The fourth-order valence-electron chi connectivity index (χ4n) is 2.18. The van der Waals surface area contributed by atoms with E-state index in [4.69, 9.17) is 5.11 Å². The Hall–Kier alpha value is -1.43. The zero-order valence-electron chi connectivity index (χ0n) is 16.7. The van der Waals surface area contributed by atoms with Crippen LogP contribution in [0.3, 0.4) is 0 Å². The molecule has 0 radical (unpaired) electrons. The second-order valence-corrected chi connectivity index (χ2v) is 9.63. The number of carbonyl (C=O) groups is 1. The molecule has 0 aromatic heterocycles. The molecule has 0 heterocycles. The van der Waals surface area contributed by atoms with Crippen molar-refractivity contribution in [3.63, 3.8) is 0 Å². The Morgan fingerprint density at radius 2 is 1.25 bits per heavy atom. The third-order valence-electron chi connectivity index (χ3n) is 3.99. The van der Waals surface area contributed by atoms with E-state index in [9.17, 15) is 61.5 Å². The molecule has 0 saturated carbocycles. The zero-order chi connectivity index (χ0) is 26.2. The van der Waals surface area contributed by atoms with Crippen LogP contribution in [0.5, 0.6) is 0 Å². The molecule has 0 saturated heterocycles. The monoisotopic (exact) mass is 521 g/mol. The average Bonchev–Trinajstić information content (AvgIpc) is 2.54. The van der Waals surface area contributed by atoms with E-state index in [1.54, 1.807) is 0 Å². The molecular formula is C14H20F11N2O4S+. The first kappa shape index (κ1) is 30.6. The molecule has 18 heteroatoms. The molecule has 0 aliphatic heterocycles. The van der Waals surface area contributed by atoms with E-state index >= 15 is 0 Å². The lowest BCUT2D eigenvalue weighted by Gasteiger charge is -2.38. The van der Waals surface area contributed by atoms with Crippen molar-refractivity contribution >= 4 is 16.0 Å². The Balaban J connectivity index is 6.38. The number of rotatable bonds is 12. The van der Waals surface area contributed by atoms with Crippen molar-refractivity contribution in [2.24, 2.45) is 0 Å². The second kappa shape index (κ2) is 9.08. The number of carboxylic acids is 1. The lowest BCUT2D eigenvalue weighted by atomic mass is 10.0. The lowest BCUT2D eigenvalue weighted by molar-refractivity contribution is -0.870. The van der Waals surface area contributed by atoms with Crippen molar-refractivity contribution in [1.82, 2.24) is 4.31 Å². The number of quaternary nitrogens is 1. The van der Waals surface area contributed by atoms with E-state index in [1.165, 1.54) is 21.1 Å². The van der Waals surface area contributed by atoms with Crippen LogP contribution in [0.15, 0.2) is 0 Å². The molecule has 0 fully saturated rings. The largest absolute Gasteiger partial charge is 0.481 e. The van der Waals surface area contributed by atoms with Crippen LogP contribution in [0.4, 0.5) is 48.3 Å². The van der Waals surface area contributed by atoms with E-state index in [0.29, 0.717) is 0 Å². The summed E-state index contributed by atoms with van der Waals surface area (Å²) in [6.45, 7) is -2.65. The summed E-state index contributed by atoms with van der Waals surface area (Å²) in [5.41, 5.74) is 0. The Kier molecular flexibility index (Phi) is 8.67. The molecule has 0 bridgehead atoms. The van der Waals surface area contributed by atoms with Crippen LogP contribution < -0.4 is 0 Å². The Morgan fingerprint density at radius 3 is 1.59 bits per heavy atom. The Labute approximate surface area is 175 Å². The number of sulfonamides is 1. The second-order valence-electron chi connectivity index (χ2n) is 7.65. The lowest BCUT2D eigenvalue weighted by Crippen LogP contribution is -2.69. The first-order chi connectivity index (χ1) is 13.8. The van der Waals surface area contributed by atoms with Gasteiger partial charge in [-0.05, 0) is 0 Å². The summed E-state index contributed by atoms with van der Waals surface area (Å²) in [4.78, 5) is 10.6. The normalized spacial score (nSPS) is 15.3. The van der Waals surface area contributed by atoms with Gasteiger partial charge >= 0.3 is 35.2 Å². The van der Waals surface area contributed by atoms with Crippen molar-refractivity contribution in [3.8, 4) is 0 Å². The van der Waals surface area contributed by atoms with Gasteiger partial charge in [-0.15, -0.1) is 0 Å². The van der Waals surface area contributed by atoms with E-state index in [0.717, 1.165) is 0 Å². The van der Waals surface area contributed by atoms with Crippen molar-refractivity contribution < 1.29 is 71.1 Å². The fraction of sp³-hybridized carbons (Fsp3) is 0.929. The maximum atomic E-state index is 14.1. The summed E-state index contributed by atoms with van der Waals surface area (Å²) in [6, 6.07) is 0. The smallest absolute Gasteiger partial charge is 0.460 e. The number of nitrogens with zero attached hydrogens (tertiary/aromatic N) is 2. The molecule has 192 valence electrons. The molecule has 0 spiro atoms. The van der Waals surface area contributed by atoms with Crippen LogP contribution in [-0.4, -0.2) is 98.3 Å². The highest BCUT2D eigenvalue weighted by Gasteiger charge is 2.89. The Morgan fingerprint density at radius 1 is 0.812 bits per heavy atom. The van der Waals surface area contributed by atoms with E-state index < -0.39 is 75.4 Å². The third-order valence-corrected chi connectivity index (χ3v) is 5.93. The highest BCUT2D eigenvalue weighted by atomic mass is 32.2. The van der Waals surface area contributed by atoms with Crippen molar-refractivity contribution in [1.29, 1.82) is 0 Å². The number of halogens is 11. The van der Waals surface area contributed by atoms with Gasteiger partial charge < -0.3 is 9.59 Å². The average molecular weight is 521 g/mol. The van der Waals surface area contributed by atoms with Gasteiger partial charge in [-0.3, -0.25) is 4.79 Å². The highest BCUT2D eigenvalue weighted by molar-refractivity contribution is 7.90. The van der Waals surface area contributed by atoms with Gasteiger partial charge in [0, 0.05) is 19.5 Å². The predicted molar refractivity (Wildman–Crippen MR) is 86.1 cm³/mol. The molecule has 0 aromatic carbocycles. The molecule has 0 aliphatic carbocycles. The van der Waals surface area contributed by atoms with Gasteiger partial charge in [-0.2, -0.15) is 52.6 Å². The minimum atomic E-state index is -7.89. The van der Waals surface area contributed by atoms with Gasteiger partial charge in [-0.1, -0.05) is 0 Å². The van der Waals surface area contributed by atoms with Gasteiger partial charge in [0.1, 0.15) is 0 Å². The van der Waals surface area contributed by atoms with Crippen LogP contribution in [0.25, 0.3) is 0 Å². The Bertz CT molecular complexity index is 777. The van der Waals surface area contributed by atoms with E-state index in [1.807, 2.05) is 0 Å².